The molecule has 1 aromatic rings. The summed E-state index contributed by atoms with van der Waals surface area (Å²) in [4.78, 5) is 25.8. The van der Waals surface area contributed by atoms with Crippen LogP contribution in [0.3, 0.4) is 0 Å². The fourth-order valence-corrected chi connectivity index (χ4v) is 2.85. The minimum Gasteiger partial charge on any atom is -0.494 e. The van der Waals surface area contributed by atoms with Gasteiger partial charge in [-0.3, -0.25) is 0 Å². The number of carbonyl (C=O) groups excluding carboxylic acids is 2. The largest absolute Gasteiger partial charge is 0.494 e. The van der Waals surface area contributed by atoms with E-state index in [1.165, 1.54) is 12.0 Å². The molecule has 2 amide bonds. The van der Waals surface area contributed by atoms with Crippen molar-refractivity contribution in [3.63, 3.8) is 0 Å². The zero-order chi connectivity index (χ0) is 17.1. The summed E-state index contributed by atoms with van der Waals surface area (Å²) >= 11 is 3.42. The van der Waals surface area contributed by atoms with Gasteiger partial charge in [-0.25, -0.2) is 9.59 Å². The maximum absolute atomic E-state index is 12.3. The molecule has 0 saturated carbocycles. The number of esters is 1. The number of allylic oxidation sites excluding steroid dienone is 1. The first-order valence-corrected chi connectivity index (χ1v) is 7.95. The smallest absolute Gasteiger partial charge is 0.337 e. The third kappa shape index (κ3) is 3.34. The van der Waals surface area contributed by atoms with E-state index in [0.717, 1.165) is 4.47 Å². The first kappa shape index (κ1) is 17.3. The number of ether oxygens (including phenoxy) is 2. The minimum absolute atomic E-state index is 0.289. The molecule has 124 valence electrons. The number of carbonyl (C=O) groups is 2. The third-order valence-electron chi connectivity index (χ3n) is 3.74. The topological polar surface area (TPSA) is 67.9 Å². The number of methoxy groups -OCH3 is 1. The molecule has 7 heteroatoms. The Labute approximate surface area is 143 Å². The normalized spacial score (nSPS) is 17.9. The highest BCUT2D eigenvalue weighted by Gasteiger charge is 2.36. The van der Waals surface area contributed by atoms with Crippen molar-refractivity contribution in [2.75, 3.05) is 20.8 Å². The molecule has 0 saturated heterocycles. The van der Waals surface area contributed by atoms with Gasteiger partial charge < -0.3 is 19.7 Å². The van der Waals surface area contributed by atoms with Crippen LogP contribution < -0.4 is 10.1 Å². The van der Waals surface area contributed by atoms with Crippen LogP contribution in [0.2, 0.25) is 0 Å². The van der Waals surface area contributed by atoms with Crippen molar-refractivity contribution in [2.24, 2.45) is 0 Å². The number of urea groups is 1. The van der Waals surface area contributed by atoms with Crippen LogP contribution in [0.15, 0.2) is 33.9 Å². The lowest BCUT2D eigenvalue weighted by Gasteiger charge is -2.33. The molecule has 1 aliphatic heterocycles. The van der Waals surface area contributed by atoms with Gasteiger partial charge in [0.25, 0.3) is 0 Å². The number of amides is 2. The lowest BCUT2D eigenvalue weighted by Crippen LogP contribution is -2.46. The Morgan fingerprint density at radius 1 is 1.43 bits per heavy atom. The molecule has 2 rings (SSSR count). The second-order valence-electron chi connectivity index (χ2n) is 5.05. The average Bonchev–Trinajstić information content (AvgIpc) is 2.53. The van der Waals surface area contributed by atoms with E-state index in [9.17, 15) is 9.59 Å². The predicted molar refractivity (Wildman–Crippen MR) is 89.1 cm³/mol. The molecule has 1 atom stereocenters. The van der Waals surface area contributed by atoms with Crippen LogP contribution >= 0.6 is 15.9 Å². The number of nitrogens with one attached hydrogen (secondary N) is 1. The third-order valence-corrected chi connectivity index (χ3v) is 4.24. The van der Waals surface area contributed by atoms with E-state index in [-0.39, 0.29) is 6.03 Å². The van der Waals surface area contributed by atoms with Gasteiger partial charge in [-0.2, -0.15) is 0 Å². The predicted octanol–water partition coefficient (Wildman–Crippen LogP) is 2.99. The van der Waals surface area contributed by atoms with Crippen molar-refractivity contribution < 1.29 is 19.1 Å². The average molecular weight is 383 g/mol. The number of rotatable bonds is 4. The molecule has 6 nitrogen and oxygen atoms in total. The zero-order valence-corrected chi connectivity index (χ0v) is 15.1. The molecule has 0 fully saturated rings. The molecular weight excluding hydrogens is 364 g/mol. The van der Waals surface area contributed by atoms with Crippen molar-refractivity contribution in [3.8, 4) is 5.75 Å². The van der Waals surface area contributed by atoms with E-state index in [2.05, 4.69) is 21.2 Å². The molecule has 0 radical (unpaired) electrons. The van der Waals surface area contributed by atoms with Gasteiger partial charge in [0.05, 0.1) is 25.3 Å². The Morgan fingerprint density at radius 3 is 2.74 bits per heavy atom. The number of benzene rings is 1. The van der Waals surface area contributed by atoms with E-state index in [1.807, 2.05) is 19.1 Å². The Hall–Kier alpha value is -2.02. The van der Waals surface area contributed by atoms with E-state index in [4.69, 9.17) is 9.47 Å². The van der Waals surface area contributed by atoms with Crippen molar-refractivity contribution in [1.82, 2.24) is 10.2 Å². The van der Waals surface area contributed by atoms with E-state index in [0.29, 0.717) is 29.2 Å². The van der Waals surface area contributed by atoms with Gasteiger partial charge >= 0.3 is 12.0 Å². The first-order valence-electron chi connectivity index (χ1n) is 7.16. The highest BCUT2D eigenvalue weighted by Crippen LogP contribution is 2.36. The molecule has 1 aromatic carbocycles. The van der Waals surface area contributed by atoms with Gasteiger partial charge in [0.1, 0.15) is 5.75 Å². The summed E-state index contributed by atoms with van der Waals surface area (Å²) in [7, 11) is 2.93. The number of halogens is 1. The highest BCUT2D eigenvalue weighted by atomic mass is 79.9. The summed E-state index contributed by atoms with van der Waals surface area (Å²) in [6, 6.07) is 4.56. The number of hydrogen-bond acceptors (Lipinski definition) is 4. The SMILES string of the molecule is CCOc1ccc(Br)cc1[C@H]1NC(=O)N(C)C(C)=C1C(=O)OC. The molecule has 0 unspecified atom stereocenters. The van der Waals surface area contributed by atoms with Crippen LogP contribution in [0.1, 0.15) is 25.5 Å². The van der Waals surface area contributed by atoms with E-state index in [1.54, 1.807) is 20.0 Å². The maximum Gasteiger partial charge on any atom is 0.337 e. The summed E-state index contributed by atoms with van der Waals surface area (Å²) in [5.74, 6) is 0.126. The quantitative estimate of drug-likeness (QED) is 0.812. The summed E-state index contributed by atoms with van der Waals surface area (Å²) in [5, 5.41) is 2.83. The van der Waals surface area contributed by atoms with E-state index >= 15 is 0 Å². The fourth-order valence-electron chi connectivity index (χ4n) is 2.47. The summed E-state index contributed by atoms with van der Waals surface area (Å²) in [6.07, 6.45) is 0. The van der Waals surface area contributed by atoms with Crippen molar-refractivity contribution in [2.45, 2.75) is 19.9 Å². The molecule has 1 aliphatic rings. The fraction of sp³-hybridized carbons (Fsp3) is 0.375. The summed E-state index contributed by atoms with van der Waals surface area (Å²) in [5.41, 5.74) is 1.63. The van der Waals surface area contributed by atoms with Gasteiger partial charge in [-0.15, -0.1) is 0 Å². The summed E-state index contributed by atoms with van der Waals surface area (Å²) < 4.78 is 11.4. The lowest BCUT2D eigenvalue weighted by molar-refractivity contribution is -0.136. The van der Waals surface area contributed by atoms with Crippen molar-refractivity contribution in [3.05, 3.63) is 39.5 Å². The first-order chi connectivity index (χ1) is 10.9. The van der Waals surface area contributed by atoms with E-state index < -0.39 is 12.0 Å². The minimum atomic E-state index is -0.634. The molecule has 0 aliphatic carbocycles. The number of hydrogen-bond donors (Lipinski definition) is 1. The molecular formula is C16H19BrN2O4. The highest BCUT2D eigenvalue weighted by molar-refractivity contribution is 9.10. The van der Waals surface area contributed by atoms with Crippen molar-refractivity contribution in [1.29, 1.82) is 0 Å². The van der Waals surface area contributed by atoms with Crippen molar-refractivity contribution >= 4 is 27.9 Å². The van der Waals surface area contributed by atoms with Crippen LogP contribution in [-0.2, 0) is 9.53 Å². The molecule has 23 heavy (non-hydrogen) atoms. The van der Waals surface area contributed by atoms with Crippen LogP contribution in [0.4, 0.5) is 4.79 Å². The summed E-state index contributed by atoms with van der Waals surface area (Å²) in [6.45, 7) is 4.07. The van der Waals surface area contributed by atoms with Crippen LogP contribution in [-0.4, -0.2) is 37.7 Å². The van der Waals surface area contributed by atoms with Gasteiger partial charge in [0, 0.05) is 22.8 Å². The molecule has 0 bridgehead atoms. The molecule has 1 N–H and O–H groups in total. The van der Waals surface area contributed by atoms with Gasteiger partial charge in [0.2, 0.25) is 0 Å². The molecule has 0 spiro atoms. The van der Waals surface area contributed by atoms with Crippen LogP contribution in [0, 0.1) is 0 Å². The Morgan fingerprint density at radius 2 is 2.13 bits per heavy atom. The second kappa shape index (κ2) is 7.04. The number of nitrogens with zero attached hydrogens (tertiary/aromatic N) is 1. The standard InChI is InChI=1S/C16H19BrN2O4/c1-5-23-12-7-6-10(17)8-11(12)14-13(15(20)22-4)9(2)19(3)16(21)18-14/h6-8,14H,5H2,1-4H3,(H,18,21)/t14-/m1/s1. The second-order valence-corrected chi connectivity index (χ2v) is 5.96. The van der Waals surface area contributed by atoms with Gasteiger partial charge in [0.15, 0.2) is 0 Å². The van der Waals surface area contributed by atoms with Gasteiger partial charge in [-0.1, -0.05) is 15.9 Å². The monoisotopic (exact) mass is 382 g/mol. The maximum atomic E-state index is 12.3. The lowest BCUT2D eigenvalue weighted by atomic mass is 9.94. The Kier molecular flexibility index (Phi) is 5.30. The molecule has 0 aromatic heterocycles. The Bertz CT molecular complexity index is 672. The van der Waals surface area contributed by atoms with Crippen LogP contribution in [0.25, 0.3) is 0 Å². The zero-order valence-electron chi connectivity index (χ0n) is 13.5. The molecule has 1 heterocycles. The van der Waals surface area contributed by atoms with Gasteiger partial charge in [-0.05, 0) is 32.0 Å². The Balaban J connectivity index is 2.62. The van der Waals surface area contributed by atoms with Crippen LogP contribution in [0.5, 0.6) is 5.75 Å².